The quantitative estimate of drug-likeness (QED) is 0.574. The van der Waals surface area contributed by atoms with Gasteiger partial charge in [0, 0.05) is 0 Å². The fourth-order valence-electron chi connectivity index (χ4n) is 4.92. The number of ether oxygens (including phenoxy) is 1. The molecule has 2 bridgehead atoms. The summed E-state index contributed by atoms with van der Waals surface area (Å²) in [5.41, 5.74) is -0.210. The number of carbonyl (C=O) groups is 1. The molecule has 1 spiro atoms. The molecule has 0 aromatic carbocycles. The third kappa shape index (κ3) is 1.26. The van der Waals surface area contributed by atoms with E-state index >= 15 is 0 Å². The first kappa shape index (κ1) is 12.2. The predicted molar refractivity (Wildman–Crippen MR) is 67.9 cm³/mol. The maximum atomic E-state index is 12.4. The van der Waals surface area contributed by atoms with Crippen LogP contribution in [0.25, 0.3) is 0 Å². The lowest BCUT2D eigenvalue weighted by Crippen LogP contribution is -2.53. The minimum Gasteiger partial charge on any atom is -0.469 e. The number of hydrogen-bond acceptors (Lipinski definition) is 3. The highest BCUT2D eigenvalue weighted by atomic mass is 16.5. The average molecular weight is 250 g/mol. The minimum atomic E-state index is -0.713. The molecular weight excluding hydrogens is 228 g/mol. The van der Waals surface area contributed by atoms with Crippen molar-refractivity contribution in [2.45, 2.75) is 57.0 Å². The molecule has 3 aliphatic carbocycles. The van der Waals surface area contributed by atoms with Gasteiger partial charge in [-0.05, 0) is 49.5 Å². The fraction of sp³-hybridized carbons (Fsp3) is 0.800. The summed E-state index contributed by atoms with van der Waals surface area (Å²) >= 11 is 0. The summed E-state index contributed by atoms with van der Waals surface area (Å²) in [6.07, 6.45) is 7.15. The topological polar surface area (TPSA) is 46.5 Å². The van der Waals surface area contributed by atoms with Crippen LogP contribution in [-0.4, -0.2) is 23.8 Å². The third-order valence-electron chi connectivity index (χ3n) is 5.91. The second-order valence-electron chi connectivity index (χ2n) is 6.55. The zero-order valence-electron chi connectivity index (χ0n) is 11.1. The van der Waals surface area contributed by atoms with Crippen LogP contribution < -0.4 is 0 Å². The minimum absolute atomic E-state index is 0.0565. The van der Waals surface area contributed by atoms with Crippen molar-refractivity contribution >= 4 is 5.97 Å². The van der Waals surface area contributed by atoms with E-state index in [4.69, 9.17) is 4.74 Å². The number of rotatable bonds is 1. The van der Waals surface area contributed by atoms with Gasteiger partial charge in [-0.3, -0.25) is 4.79 Å². The maximum absolute atomic E-state index is 12.4. The van der Waals surface area contributed by atoms with E-state index in [0.717, 1.165) is 44.1 Å². The molecule has 1 N–H and O–H groups in total. The summed E-state index contributed by atoms with van der Waals surface area (Å²) in [4.78, 5) is 12.4. The van der Waals surface area contributed by atoms with Crippen LogP contribution in [0.15, 0.2) is 12.2 Å². The highest BCUT2D eigenvalue weighted by Gasteiger charge is 2.67. The van der Waals surface area contributed by atoms with Crippen LogP contribution in [-0.2, 0) is 9.53 Å². The molecule has 3 heteroatoms. The van der Waals surface area contributed by atoms with Crippen molar-refractivity contribution in [1.29, 1.82) is 0 Å². The van der Waals surface area contributed by atoms with E-state index in [-0.39, 0.29) is 16.8 Å². The Labute approximate surface area is 108 Å². The Balaban J connectivity index is 2.07. The van der Waals surface area contributed by atoms with Gasteiger partial charge in [0.05, 0.1) is 18.1 Å². The van der Waals surface area contributed by atoms with Crippen molar-refractivity contribution in [2.75, 3.05) is 7.11 Å². The molecule has 0 unspecified atom stereocenters. The van der Waals surface area contributed by atoms with Crippen molar-refractivity contribution in [3.63, 3.8) is 0 Å². The molecule has 3 atom stereocenters. The van der Waals surface area contributed by atoms with Gasteiger partial charge in [0.15, 0.2) is 0 Å². The lowest BCUT2D eigenvalue weighted by Gasteiger charge is -2.53. The van der Waals surface area contributed by atoms with Crippen LogP contribution >= 0.6 is 0 Å². The molecule has 0 heterocycles. The predicted octanol–water partition coefficient (Wildman–Crippen LogP) is 2.58. The van der Waals surface area contributed by atoms with E-state index in [1.807, 2.05) is 0 Å². The van der Waals surface area contributed by atoms with E-state index in [0.29, 0.717) is 12.8 Å². The molecule has 18 heavy (non-hydrogen) atoms. The highest BCUT2D eigenvalue weighted by molar-refractivity contribution is 5.79. The zero-order valence-corrected chi connectivity index (χ0v) is 11.1. The summed E-state index contributed by atoms with van der Waals surface area (Å²) < 4.78 is 5.11. The molecule has 3 nitrogen and oxygen atoms in total. The van der Waals surface area contributed by atoms with E-state index in [1.165, 1.54) is 7.11 Å². The zero-order chi connectivity index (χ0) is 13.0. The van der Waals surface area contributed by atoms with Crippen LogP contribution in [0.3, 0.4) is 0 Å². The van der Waals surface area contributed by atoms with E-state index in [2.05, 4.69) is 6.58 Å². The lowest BCUT2D eigenvalue weighted by molar-refractivity contribution is -0.176. The van der Waals surface area contributed by atoms with Crippen molar-refractivity contribution in [1.82, 2.24) is 0 Å². The Kier molecular flexibility index (Phi) is 2.44. The van der Waals surface area contributed by atoms with Crippen molar-refractivity contribution in [3.8, 4) is 0 Å². The standard InChI is InChI=1S/C15H22O3/c1-11-9-13-5-3-4-6-14(13,12(16)18-2)7-8-15(11,17)10-13/h17H,1,3-10H2,2H3/t13-,14+,15+/m1/s1. The summed E-state index contributed by atoms with van der Waals surface area (Å²) in [6.45, 7) is 4.07. The van der Waals surface area contributed by atoms with E-state index in [9.17, 15) is 9.90 Å². The lowest BCUT2D eigenvalue weighted by atomic mass is 9.50. The number of methoxy groups -OCH3 is 1. The first-order valence-corrected chi connectivity index (χ1v) is 6.97. The average Bonchev–Trinajstić information content (AvgIpc) is 2.56. The molecule has 0 aliphatic heterocycles. The second kappa shape index (κ2) is 3.60. The molecule has 100 valence electrons. The molecule has 3 saturated carbocycles. The van der Waals surface area contributed by atoms with E-state index in [1.54, 1.807) is 0 Å². The van der Waals surface area contributed by atoms with Gasteiger partial charge in [0.1, 0.15) is 0 Å². The van der Waals surface area contributed by atoms with Crippen LogP contribution in [0.2, 0.25) is 0 Å². The summed E-state index contributed by atoms with van der Waals surface area (Å²) in [7, 11) is 1.49. The fourth-order valence-corrected chi connectivity index (χ4v) is 4.92. The molecule has 0 aromatic heterocycles. The molecule has 0 amide bonds. The summed E-state index contributed by atoms with van der Waals surface area (Å²) in [5, 5.41) is 10.6. The first-order valence-electron chi connectivity index (χ1n) is 6.97. The van der Waals surface area contributed by atoms with Crippen LogP contribution in [0, 0.1) is 10.8 Å². The largest absolute Gasteiger partial charge is 0.469 e. The van der Waals surface area contributed by atoms with Gasteiger partial charge < -0.3 is 9.84 Å². The van der Waals surface area contributed by atoms with Gasteiger partial charge in [0.25, 0.3) is 0 Å². The Morgan fingerprint density at radius 1 is 1.28 bits per heavy atom. The van der Waals surface area contributed by atoms with Crippen LogP contribution in [0.5, 0.6) is 0 Å². The van der Waals surface area contributed by atoms with Gasteiger partial charge in [-0.15, -0.1) is 0 Å². The van der Waals surface area contributed by atoms with Crippen LogP contribution in [0.1, 0.15) is 51.4 Å². The third-order valence-corrected chi connectivity index (χ3v) is 5.91. The number of esters is 1. The van der Waals surface area contributed by atoms with Crippen molar-refractivity contribution < 1.29 is 14.6 Å². The molecule has 3 rings (SSSR count). The van der Waals surface area contributed by atoms with Gasteiger partial charge >= 0.3 is 5.97 Å². The van der Waals surface area contributed by atoms with Crippen LogP contribution in [0.4, 0.5) is 0 Å². The molecule has 3 aliphatic rings. The molecule has 0 radical (unpaired) electrons. The van der Waals surface area contributed by atoms with Gasteiger partial charge in [-0.2, -0.15) is 0 Å². The Morgan fingerprint density at radius 3 is 2.72 bits per heavy atom. The Bertz CT molecular complexity index is 416. The molecular formula is C15H22O3. The number of carbonyl (C=O) groups excluding carboxylic acids is 1. The van der Waals surface area contributed by atoms with Gasteiger partial charge in [0.2, 0.25) is 0 Å². The Morgan fingerprint density at radius 2 is 2.00 bits per heavy atom. The summed E-state index contributed by atoms with van der Waals surface area (Å²) in [6, 6.07) is 0. The Hall–Kier alpha value is -0.830. The normalized spacial score (nSPS) is 46.7. The second-order valence-corrected chi connectivity index (χ2v) is 6.55. The molecule has 3 fully saturated rings. The van der Waals surface area contributed by atoms with Gasteiger partial charge in [-0.25, -0.2) is 0 Å². The highest BCUT2D eigenvalue weighted by Crippen LogP contribution is 2.69. The summed E-state index contributed by atoms with van der Waals surface area (Å²) in [5.74, 6) is -0.0565. The van der Waals surface area contributed by atoms with E-state index < -0.39 is 5.60 Å². The smallest absolute Gasteiger partial charge is 0.312 e. The number of aliphatic hydroxyl groups is 1. The molecule has 0 aromatic rings. The molecule has 0 saturated heterocycles. The number of fused-ring (bicyclic) bond motifs is 1. The SMILES string of the molecule is C=C1C[C@@]23CCCC[C@@]2(C(=O)OC)CC[C@]1(O)C3. The van der Waals surface area contributed by atoms with Crippen molar-refractivity contribution in [2.24, 2.45) is 10.8 Å². The van der Waals surface area contributed by atoms with Crippen molar-refractivity contribution in [3.05, 3.63) is 12.2 Å². The first-order chi connectivity index (χ1) is 8.48. The monoisotopic (exact) mass is 250 g/mol. The van der Waals surface area contributed by atoms with Gasteiger partial charge in [-0.1, -0.05) is 19.4 Å². The number of hydrogen-bond donors (Lipinski definition) is 1. The maximum Gasteiger partial charge on any atom is 0.312 e.